The fourth-order valence-electron chi connectivity index (χ4n) is 3.51. The van der Waals surface area contributed by atoms with Crippen molar-refractivity contribution in [1.29, 1.82) is 0 Å². The number of aromatic nitrogens is 1. The maximum atomic E-state index is 13.4. The summed E-state index contributed by atoms with van der Waals surface area (Å²) in [6, 6.07) is 8.15. The Kier molecular flexibility index (Phi) is 8.13. The monoisotopic (exact) mass is 555 g/mol. The highest BCUT2D eigenvalue weighted by Gasteiger charge is 2.34. The zero-order valence-corrected chi connectivity index (χ0v) is 21.3. The van der Waals surface area contributed by atoms with E-state index in [0.29, 0.717) is 11.6 Å². The molecule has 1 amide bonds. The average Bonchev–Trinajstić information content (AvgIpc) is 2.82. The lowest BCUT2D eigenvalue weighted by molar-refractivity contribution is -0.138. The van der Waals surface area contributed by atoms with Crippen LogP contribution in [0.5, 0.6) is 5.75 Å². The number of sulfonamides is 1. The number of para-hydroxylation sites is 1. The minimum absolute atomic E-state index is 0.0196. The van der Waals surface area contributed by atoms with E-state index in [-0.39, 0.29) is 45.6 Å². The van der Waals surface area contributed by atoms with Crippen molar-refractivity contribution >= 4 is 39.0 Å². The molecule has 2 aromatic carbocycles. The highest BCUT2D eigenvalue weighted by atomic mass is 35.5. The van der Waals surface area contributed by atoms with Crippen LogP contribution >= 0.6 is 11.6 Å². The number of methoxy groups -OCH3 is 1. The Morgan fingerprint density at radius 3 is 2.46 bits per heavy atom. The van der Waals surface area contributed by atoms with Crippen molar-refractivity contribution in [2.45, 2.75) is 24.4 Å². The number of ether oxygens (including phenoxy) is 1. The second-order valence-electron chi connectivity index (χ2n) is 7.81. The van der Waals surface area contributed by atoms with Crippen LogP contribution < -0.4 is 14.8 Å². The molecule has 3 aromatic rings. The molecule has 0 unspecified atom stereocenters. The smallest absolute Gasteiger partial charge is 0.416 e. The molecule has 0 atom stereocenters. The highest BCUT2D eigenvalue weighted by Crippen LogP contribution is 2.34. The molecule has 0 saturated heterocycles. The molecule has 1 heterocycles. The molecule has 37 heavy (non-hydrogen) atoms. The number of alkyl halides is 3. The molecule has 1 aromatic heterocycles. The molecule has 0 saturated carbocycles. The summed E-state index contributed by atoms with van der Waals surface area (Å²) < 4.78 is 73.5. The van der Waals surface area contributed by atoms with Crippen LogP contribution in [0.4, 0.5) is 18.9 Å². The van der Waals surface area contributed by atoms with E-state index < -0.39 is 32.4 Å². The minimum atomic E-state index is -4.77. The Labute approximate surface area is 215 Å². The van der Waals surface area contributed by atoms with Crippen LogP contribution in [-0.4, -0.2) is 39.2 Å². The number of amides is 1. The van der Waals surface area contributed by atoms with E-state index in [1.54, 1.807) is 6.07 Å². The maximum absolute atomic E-state index is 13.4. The first-order chi connectivity index (χ1) is 17.3. The molecule has 196 valence electrons. The number of carbonyl (C=O) groups excluding carboxylic acids is 2. The van der Waals surface area contributed by atoms with E-state index in [1.165, 1.54) is 33.2 Å². The predicted octanol–water partition coefficient (Wildman–Crippen LogP) is 4.39. The number of rotatable bonds is 8. The van der Waals surface area contributed by atoms with Crippen molar-refractivity contribution in [3.8, 4) is 5.75 Å². The minimum Gasteiger partial charge on any atom is -0.496 e. The van der Waals surface area contributed by atoms with Gasteiger partial charge in [-0.2, -0.15) is 13.2 Å². The third-order valence-corrected chi connectivity index (χ3v) is 6.88. The van der Waals surface area contributed by atoms with Gasteiger partial charge in [-0.1, -0.05) is 29.8 Å². The quantitative estimate of drug-likeness (QED) is 0.398. The van der Waals surface area contributed by atoms with Crippen LogP contribution in [0.3, 0.4) is 0 Å². The number of benzene rings is 2. The first-order valence-corrected chi connectivity index (χ1v) is 12.4. The average molecular weight is 556 g/mol. The number of hydrogen-bond acceptors (Lipinski definition) is 6. The Hall–Kier alpha value is -3.64. The molecule has 0 aliphatic carbocycles. The predicted molar refractivity (Wildman–Crippen MR) is 130 cm³/mol. The van der Waals surface area contributed by atoms with Gasteiger partial charge >= 0.3 is 6.18 Å². The molecule has 2 N–H and O–H groups in total. The number of carbonyl (C=O) groups is 2. The van der Waals surface area contributed by atoms with E-state index in [4.69, 9.17) is 16.3 Å². The number of anilines is 1. The van der Waals surface area contributed by atoms with Gasteiger partial charge in [-0.25, -0.2) is 13.4 Å². The van der Waals surface area contributed by atoms with Crippen LogP contribution in [0, 0.1) is 6.92 Å². The second kappa shape index (κ2) is 10.8. The molecule has 0 aliphatic heterocycles. The van der Waals surface area contributed by atoms with Crippen molar-refractivity contribution in [2.24, 2.45) is 0 Å². The standard InChI is InChI=1S/C24H21ClF3N3O5S/c1-13-7-8-16(11-18(13)24(26,27)28)37(34,35)31-19-10-15(25)12-30-21(19)22(33)17-6-4-5-14(23(17)36-3)9-20(32)29-2/h4-8,10-12,31H,9H2,1-3H3,(H,29,32). The third kappa shape index (κ3) is 6.20. The van der Waals surface area contributed by atoms with E-state index in [9.17, 15) is 31.2 Å². The molecule has 8 nitrogen and oxygen atoms in total. The van der Waals surface area contributed by atoms with Gasteiger partial charge in [0.1, 0.15) is 11.4 Å². The zero-order chi connectivity index (χ0) is 27.5. The first-order valence-electron chi connectivity index (χ1n) is 10.6. The topological polar surface area (TPSA) is 114 Å². The van der Waals surface area contributed by atoms with Crippen LogP contribution in [0.1, 0.15) is 32.7 Å². The van der Waals surface area contributed by atoms with E-state index in [2.05, 4.69) is 15.0 Å². The van der Waals surface area contributed by atoms with Crippen molar-refractivity contribution in [1.82, 2.24) is 10.3 Å². The molecule has 0 bridgehead atoms. The van der Waals surface area contributed by atoms with E-state index in [0.717, 1.165) is 24.4 Å². The number of ketones is 1. The number of nitrogens with one attached hydrogen (secondary N) is 2. The highest BCUT2D eigenvalue weighted by molar-refractivity contribution is 7.92. The van der Waals surface area contributed by atoms with Gasteiger partial charge in [-0.3, -0.25) is 14.3 Å². The molecule has 0 spiro atoms. The second-order valence-corrected chi connectivity index (χ2v) is 9.93. The number of nitrogens with zero attached hydrogens (tertiary/aromatic N) is 1. The lowest BCUT2D eigenvalue weighted by atomic mass is 10.00. The van der Waals surface area contributed by atoms with E-state index in [1.807, 2.05) is 0 Å². The third-order valence-electron chi connectivity index (χ3n) is 5.31. The molecular formula is C24H21ClF3N3O5S. The molecule has 0 radical (unpaired) electrons. The molecule has 3 rings (SSSR count). The molecular weight excluding hydrogens is 535 g/mol. The van der Waals surface area contributed by atoms with Crippen molar-refractivity contribution in [3.05, 3.63) is 81.6 Å². The van der Waals surface area contributed by atoms with Crippen LogP contribution in [-0.2, 0) is 27.4 Å². The molecule has 0 aliphatic rings. The lowest BCUT2D eigenvalue weighted by Crippen LogP contribution is -2.21. The summed E-state index contributed by atoms with van der Waals surface area (Å²) in [5.41, 5.74) is -1.64. The van der Waals surface area contributed by atoms with Gasteiger partial charge in [0, 0.05) is 18.8 Å². The normalized spacial score (nSPS) is 11.6. The summed E-state index contributed by atoms with van der Waals surface area (Å²) in [5.74, 6) is -1.03. The summed E-state index contributed by atoms with van der Waals surface area (Å²) in [5, 5.41) is 2.43. The number of aryl methyl sites for hydroxylation is 1. The van der Waals surface area contributed by atoms with Crippen LogP contribution in [0.2, 0.25) is 5.02 Å². The van der Waals surface area contributed by atoms with Gasteiger partial charge in [0.15, 0.2) is 0 Å². The van der Waals surface area contributed by atoms with Crippen molar-refractivity contribution in [2.75, 3.05) is 18.9 Å². The van der Waals surface area contributed by atoms with Crippen molar-refractivity contribution < 1.29 is 35.9 Å². The first kappa shape index (κ1) is 27.9. The fourth-order valence-corrected chi connectivity index (χ4v) is 4.75. The number of pyridine rings is 1. The van der Waals surface area contributed by atoms with E-state index >= 15 is 0 Å². The van der Waals surface area contributed by atoms with Crippen molar-refractivity contribution in [3.63, 3.8) is 0 Å². The Morgan fingerprint density at radius 1 is 1.14 bits per heavy atom. The Balaban J connectivity index is 2.07. The summed E-state index contributed by atoms with van der Waals surface area (Å²) >= 11 is 5.98. The van der Waals surface area contributed by atoms with Crippen LogP contribution in [0.25, 0.3) is 0 Å². The SMILES string of the molecule is CNC(=O)Cc1cccc(C(=O)c2ncc(Cl)cc2NS(=O)(=O)c2ccc(C)c(C(F)(F)F)c2)c1OC. The zero-order valence-electron chi connectivity index (χ0n) is 19.7. The summed E-state index contributed by atoms with van der Waals surface area (Å²) in [6.45, 7) is 1.20. The number of hydrogen-bond donors (Lipinski definition) is 2. The molecule has 13 heteroatoms. The Bertz CT molecular complexity index is 1480. The van der Waals surface area contributed by atoms with Crippen LogP contribution in [0.15, 0.2) is 53.6 Å². The largest absolute Gasteiger partial charge is 0.496 e. The number of likely N-dealkylation sites (N-methyl/N-ethyl adjacent to an activating group) is 1. The summed E-state index contributed by atoms with van der Waals surface area (Å²) in [4.78, 5) is 28.6. The Morgan fingerprint density at radius 2 is 1.84 bits per heavy atom. The van der Waals surface area contributed by atoms with Gasteiger partial charge in [0.25, 0.3) is 10.0 Å². The van der Waals surface area contributed by atoms with Gasteiger partial charge < -0.3 is 10.1 Å². The summed E-state index contributed by atoms with van der Waals surface area (Å²) in [7, 11) is -1.85. The van der Waals surface area contributed by atoms with Gasteiger partial charge in [-0.15, -0.1) is 0 Å². The fraction of sp³-hybridized carbons (Fsp3) is 0.208. The maximum Gasteiger partial charge on any atom is 0.416 e. The van der Waals surface area contributed by atoms with Gasteiger partial charge in [0.05, 0.1) is 40.3 Å². The lowest BCUT2D eigenvalue weighted by Gasteiger charge is -2.16. The molecule has 0 fully saturated rings. The van der Waals surface area contributed by atoms with Gasteiger partial charge in [-0.05, 0) is 36.8 Å². The summed E-state index contributed by atoms with van der Waals surface area (Å²) in [6.07, 6.45) is -3.75. The van der Waals surface area contributed by atoms with Gasteiger partial charge in [0.2, 0.25) is 11.7 Å². The number of halogens is 4.